The van der Waals surface area contributed by atoms with E-state index in [1.165, 1.54) is 0 Å². The highest BCUT2D eigenvalue weighted by atomic mass is 32.2. The van der Waals surface area contributed by atoms with Gasteiger partial charge in [-0.15, -0.1) is 0 Å². The lowest BCUT2D eigenvalue weighted by atomic mass is 9.89. The third-order valence-corrected chi connectivity index (χ3v) is 5.56. The molecule has 0 fully saturated rings. The molecular formula is C19H31NO2S. The lowest BCUT2D eigenvalue weighted by Gasteiger charge is -2.28. The van der Waals surface area contributed by atoms with Gasteiger partial charge in [0.05, 0.1) is 21.8 Å². The summed E-state index contributed by atoms with van der Waals surface area (Å²) in [5.74, 6) is 0.0475. The van der Waals surface area contributed by atoms with Crippen molar-refractivity contribution < 1.29 is 9.00 Å². The minimum absolute atomic E-state index is 0.194. The normalized spacial score (nSPS) is 15.9. The smallest absolute Gasteiger partial charge is 0.137 e. The Morgan fingerprint density at radius 1 is 1.17 bits per heavy atom. The van der Waals surface area contributed by atoms with Crippen molar-refractivity contribution in [1.29, 1.82) is 0 Å². The largest absolute Gasteiger partial charge is 0.299 e. The molecule has 0 aliphatic carbocycles. The molecule has 0 aliphatic rings. The molecule has 0 heterocycles. The molecule has 0 aromatic heterocycles. The molecule has 0 amide bonds. The van der Waals surface area contributed by atoms with Crippen molar-refractivity contribution in [3.63, 3.8) is 0 Å². The van der Waals surface area contributed by atoms with E-state index in [4.69, 9.17) is 0 Å². The van der Waals surface area contributed by atoms with Crippen molar-refractivity contribution in [2.45, 2.75) is 71.1 Å². The maximum atomic E-state index is 12.5. The van der Waals surface area contributed by atoms with Crippen LogP contribution in [-0.2, 0) is 15.8 Å². The number of unbranched alkanes of at least 4 members (excludes halogenated alkanes) is 2. The Kier molecular flexibility index (Phi) is 8.13. The van der Waals surface area contributed by atoms with E-state index in [1.54, 1.807) is 0 Å². The molecule has 1 aromatic carbocycles. The average molecular weight is 338 g/mol. The second-order valence-electron chi connectivity index (χ2n) is 7.10. The van der Waals surface area contributed by atoms with Gasteiger partial charge in [-0.3, -0.25) is 4.79 Å². The van der Waals surface area contributed by atoms with E-state index >= 15 is 0 Å². The Balaban J connectivity index is 2.91. The van der Waals surface area contributed by atoms with E-state index < -0.39 is 11.0 Å². The summed E-state index contributed by atoms with van der Waals surface area (Å²) in [6.07, 6.45) is 3.72. The van der Waals surface area contributed by atoms with Gasteiger partial charge in [0.15, 0.2) is 0 Å². The molecule has 1 unspecified atom stereocenters. The second kappa shape index (κ2) is 9.33. The minimum Gasteiger partial charge on any atom is -0.299 e. The fourth-order valence-corrected chi connectivity index (χ4v) is 3.30. The zero-order valence-electron chi connectivity index (χ0n) is 15.1. The first kappa shape index (κ1) is 20.0. The second-order valence-corrected chi connectivity index (χ2v) is 9.10. The minimum atomic E-state index is -1.21. The maximum absolute atomic E-state index is 12.5. The molecule has 0 spiro atoms. The van der Waals surface area contributed by atoms with E-state index in [0.717, 1.165) is 24.8 Å². The van der Waals surface area contributed by atoms with Crippen molar-refractivity contribution in [2.75, 3.05) is 0 Å². The molecule has 1 rings (SSSR count). The monoisotopic (exact) mass is 337 g/mol. The van der Waals surface area contributed by atoms with Crippen LogP contribution < -0.4 is 4.72 Å². The van der Waals surface area contributed by atoms with Crippen LogP contribution in [0.25, 0.3) is 0 Å². The number of ketones is 1. The van der Waals surface area contributed by atoms with Crippen LogP contribution in [0.4, 0.5) is 0 Å². The summed E-state index contributed by atoms with van der Waals surface area (Å²) in [5.41, 5.74) is 1.02. The van der Waals surface area contributed by atoms with Crippen molar-refractivity contribution in [1.82, 2.24) is 4.72 Å². The zero-order chi connectivity index (χ0) is 17.5. The first-order valence-electron chi connectivity index (χ1n) is 8.53. The lowest BCUT2D eigenvalue weighted by molar-refractivity contribution is -0.123. The lowest BCUT2D eigenvalue weighted by Crippen LogP contribution is -2.39. The molecule has 1 N–H and O–H groups in total. The first-order chi connectivity index (χ1) is 10.8. The van der Waals surface area contributed by atoms with Gasteiger partial charge in [-0.25, -0.2) is 8.93 Å². The Hall–Kier alpha value is -1.00. The van der Waals surface area contributed by atoms with Crippen LogP contribution in [0.1, 0.15) is 71.9 Å². The fraction of sp³-hybridized carbons (Fsp3) is 0.632. The van der Waals surface area contributed by atoms with Crippen LogP contribution in [0.15, 0.2) is 30.3 Å². The molecule has 130 valence electrons. The highest BCUT2D eigenvalue weighted by molar-refractivity contribution is 7.84. The van der Waals surface area contributed by atoms with Gasteiger partial charge >= 0.3 is 0 Å². The third kappa shape index (κ3) is 6.56. The summed E-state index contributed by atoms with van der Waals surface area (Å²) >= 11 is 0. The summed E-state index contributed by atoms with van der Waals surface area (Å²) in [5, 5.41) is 0. The molecule has 4 heteroatoms. The molecular weight excluding hydrogens is 306 g/mol. The first-order valence-corrected chi connectivity index (χ1v) is 9.68. The SMILES string of the molecule is CCCCCC(=O)[C@H](C)[C@@H](NS(=O)C(C)(C)C)c1ccccc1. The topological polar surface area (TPSA) is 46.2 Å². The summed E-state index contributed by atoms with van der Waals surface area (Å²) in [4.78, 5) is 12.5. The Labute approximate surface area is 143 Å². The van der Waals surface area contributed by atoms with Crippen molar-refractivity contribution in [2.24, 2.45) is 5.92 Å². The standard InChI is InChI=1S/C19H31NO2S/c1-6-7-9-14-17(21)15(2)18(16-12-10-8-11-13-16)20-23(22)19(3,4)5/h8,10-13,15,18,20H,6-7,9,14H2,1-5H3/t15-,18+,23?/m0/s1. The van der Waals surface area contributed by atoms with Crippen molar-refractivity contribution in [3.8, 4) is 0 Å². The molecule has 0 bridgehead atoms. The molecule has 3 atom stereocenters. The summed E-state index contributed by atoms with van der Waals surface area (Å²) in [7, 11) is -1.21. The highest BCUT2D eigenvalue weighted by Gasteiger charge is 2.29. The summed E-state index contributed by atoms with van der Waals surface area (Å²) in [6.45, 7) is 9.89. The van der Waals surface area contributed by atoms with Crippen LogP contribution in [0.5, 0.6) is 0 Å². The number of hydrogen-bond acceptors (Lipinski definition) is 2. The van der Waals surface area contributed by atoms with Crippen molar-refractivity contribution in [3.05, 3.63) is 35.9 Å². The van der Waals surface area contributed by atoms with Gasteiger partial charge in [-0.2, -0.15) is 0 Å². The fourth-order valence-electron chi connectivity index (χ4n) is 2.37. The Morgan fingerprint density at radius 2 is 1.78 bits per heavy atom. The van der Waals surface area contributed by atoms with Gasteiger partial charge in [0.1, 0.15) is 5.78 Å². The number of carbonyl (C=O) groups is 1. The van der Waals surface area contributed by atoms with Gasteiger partial charge in [0, 0.05) is 12.3 Å². The van der Waals surface area contributed by atoms with Crippen LogP contribution in [0.2, 0.25) is 0 Å². The molecule has 0 radical (unpaired) electrons. The van der Waals surface area contributed by atoms with E-state index in [0.29, 0.717) is 6.42 Å². The maximum Gasteiger partial charge on any atom is 0.137 e. The van der Waals surface area contributed by atoms with Crippen LogP contribution in [0, 0.1) is 5.92 Å². The number of nitrogens with one attached hydrogen (secondary N) is 1. The van der Waals surface area contributed by atoms with E-state index in [2.05, 4.69) is 11.6 Å². The molecule has 0 saturated heterocycles. The van der Waals surface area contributed by atoms with Crippen LogP contribution in [-0.4, -0.2) is 14.7 Å². The average Bonchev–Trinajstić information content (AvgIpc) is 2.51. The van der Waals surface area contributed by atoms with Gasteiger partial charge in [0.25, 0.3) is 0 Å². The van der Waals surface area contributed by atoms with Gasteiger partial charge in [-0.1, -0.05) is 57.0 Å². The Morgan fingerprint density at radius 3 is 2.30 bits per heavy atom. The van der Waals surface area contributed by atoms with Gasteiger partial charge in [0.2, 0.25) is 0 Å². The van der Waals surface area contributed by atoms with Crippen LogP contribution in [0.3, 0.4) is 0 Å². The molecule has 0 saturated carbocycles. The molecule has 3 nitrogen and oxygen atoms in total. The number of rotatable bonds is 9. The predicted octanol–water partition coefficient (Wildman–Crippen LogP) is 4.57. The Bertz CT molecular complexity index is 508. The number of Topliss-reactive ketones (excluding diaryl/α,β-unsaturated/α-hetero) is 1. The third-order valence-electron chi connectivity index (χ3n) is 3.98. The van der Waals surface area contributed by atoms with Crippen molar-refractivity contribution >= 4 is 16.8 Å². The molecule has 0 aliphatic heterocycles. The number of benzene rings is 1. The quantitative estimate of drug-likeness (QED) is 0.671. The molecule has 1 aromatic rings. The zero-order valence-corrected chi connectivity index (χ0v) is 15.9. The predicted molar refractivity (Wildman–Crippen MR) is 98.5 cm³/mol. The molecule has 23 heavy (non-hydrogen) atoms. The van der Waals surface area contributed by atoms with E-state index in [9.17, 15) is 9.00 Å². The van der Waals surface area contributed by atoms with Gasteiger partial charge < -0.3 is 0 Å². The summed E-state index contributed by atoms with van der Waals surface area (Å²) in [6, 6.07) is 9.64. The number of carbonyl (C=O) groups excluding carboxylic acids is 1. The van der Waals surface area contributed by atoms with Gasteiger partial charge in [-0.05, 0) is 32.8 Å². The van der Waals surface area contributed by atoms with E-state index in [-0.39, 0.29) is 22.5 Å². The summed E-state index contributed by atoms with van der Waals surface area (Å²) < 4.78 is 15.4. The van der Waals surface area contributed by atoms with E-state index in [1.807, 2.05) is 58.0 Å². The number of hydrogen-bond donors (Lipinski definition) is 1. The highest BCUT2D eigenvalue weighted by Crippen LogP contribution is 2.26. The van der Waals surface area contributed by atoms with Crippen LogP contribution >= 0.6 is 0 Å².